The largest absolute Gasteiger partial charge is 0.497 e. The number of rotatable bonds is 9. The highest BCUT2D eigenvalue weighted by Gasteiger charge is 2.27. The predicted octanol–water partition coefficient (Wildman–Crippen LogP) is 1.38. The smallest absolute Gasteiger partial charge is 0.278 e. The third-order valence-corrected chi connectivity index (χ3v) is 5.78. The van der Waals surface area contributed by atoms with E-state index in [-0.39, 0.29) is 21.9 Å². The van der Waals surface area contributed by atoms with Gasteiger partial charge in [-0.05, 0) is 18.2 Å². The van der Waals surface area contributed by atoms with Gasteiger partial charge in [0.1, 0.15) is 16.4 Å². The number of nitro benzene ring substituents is 1. The molecule has 2 aromatic carbocycles. The normalized spacial score (nSPS) is 11.5. The molecule has 0 unspecified atom stereocenters. The van der Waals surface area contributed by atoms with Crippen LogP contribution in [0.15, 0.2) is 52.5 Å². The maximum absolute atomic E-state index is 12.8. The van der Waals surface area contributed by atoms with Crippen LogP contribution in [-0.2, 0) is 14.8 Å². The van der Waals surface area contributed by atoms with Gasteiger partial charge in [-0.1, -0.05) is 12.1 Å². The molecule has 0 aliphatic heterocycles. The number of ether oxygens (including phenoxy) is 2. The SMILES string of the molecule is COc1ccc(OC)c(S(=O)(=O)N(C)CC(=O)NN=Cc2ccccc2[N+](=O)[O-])c1. The molecule has 2 rings (SSSR count). The number of nitro groups is 1. The van der Waals surface area contributed by atoms with Crippen LogP contribution in [0.3, 0.4) is 0 Å². The zero-order valence-corrected chi connectivity index (χ0v) is 17.3. The van der Waals surface area contributed by atoms with E-state index in [1.165, 1.54) is 51.6 Å². The molecule has 160 valence electrons. The van der Waals surface area contributed by atoms with Crippen LogP contribution in [0.2, 0.25) is 0 Å². The molecule has 0 heterocycles. The number of hydrogen-bond donors (Lipinski definition) is 1. The van der Waals surface area contributed by atoms with Crippen LogP contribution in [0, 0.1) is 10.1 Å². The highest BCUT2D eigenvalue weighted by molar-refractivity contribution is 7.89. The summed E-state index contributed by atoms with van der Waals surface area (Å²) >= 11 is 0. The summed E-state index contributed by atoms with van der Waals surface area (Å²) in [5.74, 6) is -0.337. The average Bonchev–Trinajstić information content (AvgIpc) is 2.73. The van der Waals surface area contributed by atoms with Gasteiger partial charge in [-0.15, -0.1) is 0 Å². The number of amides is 1. The van der Waals surface area contributed by atoms with Gasteiger partial charge in [0.25, 0.3) is 11.6 Å². The van der Waals surface area contributed by atoms with Gasteiger partial charge in [-0.2, -0.15) is 9.41 Å². The minimum absolute atomic E-state index is 0.0949. The van der Waals surface area contributed by atoms with Crippen LogP contribution in [0.25, 0.3) is 0 Å². The summed E-state index contributed by atoms with van der Waals surface area (Å²) in [6.07, 6.45) is 1.11. The van der Waals surface area contributed by atoms with E-state index in [1.807, 2.05) is 0 Å². The van der Waals surface area contributed by atoms with Crippen molar-refractivity contribution < 1.29 is 27.6 Å². The highest BCUT2D eigenvalue weighted by atomic mass is 32.2. The molecule has 2 aromatic rings. The minimum Gasteiger partial charge on any atom is -0.497 e. The summed E-state index contributed by atoms with van der Waals surface area (Å²) < 4.78 is 36.6. The molecule has 0 aliphatic rings. The molecular weight excluding hydrogens is 416 g/mol. The number of benzene rings is 2. The molecule has 1 N–H and O–H groups in total. The Kier molecular flexibility index (Phi) is 7.44. The fraction of sp³-hybridized carbons (Fsp3) is 0.222. The quantitative estimate of drug-likeness (QED) is 0.356. The number of nitrogens with zero attached hydrogens (tertiary/aromatic N) is 3. The predicted molar refractivity (Wildman–Crippen MR) is 108 cm³/mol. The lowest BCUT2D eigenvalue weighted by atomic mass is 10.2. The van der Waals surface area contributed by atoms with Gasteiger partial charge in [0.2, 0.25) is 10.0 Å². The lowest BCUT2D eigenvalue weighted by Gasteiger charge is -2.18. The fourth-order valence-electron chi connectivity index (χ4n) is 2.41. The van der Waals surface area contributed by atoms with Gasteiger partial charge in [0.15, 0.2) is 0 Å². The molecule has 0 radical (unpaired) electrons. The number of hydrogen-bond acceptors (Lipinski definition) is 8. The van der Waals surface area contributed by atoms with Crippen LogP contribution in [0.1, 0.15) is 5.56 Å². The number of para-hydroxylation sites is 1. The van der Waals surface area contributed by atoms with E-state index >= 15 is 0 Å². The number of methoxy groups -OCH3 is 2. The number of carbonyl (C=O) groups is 1. The van der Waals surface area contributed by atoms with Crippen LogP contribution in [0.5, 0.6) is 11.5 Å². The van der Waals surface area contributed by atoms with E-state index in [2.05, 4.69) is 10.5 Å². The monoisotopic (exact) mass is 436 g/mol. The lowest BCUT2D eigenvalue weighted by Crippen LogP contribution is -2.36. The third kappa shape index (κ3) is 5.30. The van der Waals surface area contributed by atoms with Gasteiger partial charge < -0.3 is 9.47 Å². The Morgan fingerprint density at radius 2 is 1.93 bits per heavy atom. The maximum Gasteiger partial charge on any atom is 0.278 e. The first-order valence-corrected chi connectivity index (χ1v) is 9.88. The molecule has 0 atom stereocenters. The van der Waals surface area contributed by atoms with Crippen molar-refractivity contribution in [1.29, 1.82) is 0 Å². The molecule has 12 heteroatoms. The summed E-state index contributed by atoms with van der Waals surface area (Å²) in [6.45, 7) is -0.545. The molecule has 0 saturated carbocycles. The Labute approximate surface area is 173 Å². The Bertz CT molecular complexity index is 1070. The van der Waals surface area contributed by atoms with Gasteiger partial charge >= 0.3 is 0 Å². The molecule has 30 heavy (non-hydrogen) atoms. The highest BCUT2D eigenvalue weighted by Crippen LogP contribution is 2.30. The summed E-state index contributed by atoms with van der Waals surface area (Å²) in [5.41, 5.74) is 2.15. The molecule has 1 amide bonds. The Balaban J connectivity index is 2.11. The van der Waals surface area contributed by atoms with E-state index < -0.39 is 27.4 Å². The zero-order chi connectivity index (χ0) is 22.3. The lowest BCUT2D eigenvalue weighted by molar-refractivity contribution is -0.385. The van der Waals surface area contributed by atoms with Crippen molar-refractivity contribution in [1.82, 2.24) is 9.73 Å². The first-order valence-electron chi connectivity index (χ1n) is 8.44. The Morgan fingerprint density at radius 3 is 2.57 bits per heavy atom. The zero-order valence-electron chi connectivity index (χ0n) is 16.4. The van der Waals surface area contributed by atoms with Crippen molar-refractivity contribution in [2.75, 3.05) is 27.8 Å². The molecule has 0 aliphatic carbocycles. The van der Waals surface area contributed by atoms with Crippen LogP contribution in [0.4, 0.5) is 5.69 Å². The summed E-state index contributed by atoms with van der Waals surface area (Å²) in [7, 11) is -0.139. The number of nitrogens with one attached hydrogen (secondary N) is 1. The molecule has 11 nitrogen and oxygen atoms in total. The number of likely N-dealkylation sites (N-methyl/N-ethyl adjacent to an activating group) is 1. The van der Waals surface area contributed by atoms with E-state index in [1.54, 1.807) is 12.1 Å². The van der Waals surface area contributed by atoms with Crippen molar-refractivity contribution in [3.05, 3.63) is 58.1 Å². The molecule has 0 saturated heterocycles. The summed E-state index contributed by atoms with van der Waals surface area (Å²) in [4.78, 5) is 22.3. The van der Waals surface area contributed by atoms with Gasteiger partial charge in [-0.3, -0.25) is 14.9 Å². The standard InChI is InChI=1S/C18H20N4O7S/c1-21(30(26,27)17-10-14(28-2)8-9-16(17)29-3)12-18(23)20-19-11-13-6-4-5-7-15(13)22(24)25/h4-11H,12H2,1-3H3,(H,20,23). The van der Waals surface area contributed by atoms with Crippen molar-refractivity contribution in [3.8, 4) is 11.5 Å². The van der Waals surface area contributed by atoms with Crippen LogP contribution >= 0.6 is 0 Å². The van der Waals surface area contributed by atoms with Crippen molar-refractivity contribution in [2.45, 2.75) is 4.90 Å². The van der Waals surface area contributed by atoms with Gasteiger partial charge in [-0.25, -0.2) is 13.8 Å². The fourth-order valence-corrected chi connectivity index (χ4v) is 3.71. The van der Waals surface area contributed by atoms with E-state index in [0.717, 1.165) is 10.5 Å². The second kappa shape index (κ2) is 9.80. The number of sulfonamides is 1. The van der Waals surface area contributed by atoms with E-state index in [4.69, 9.17) is 9.47 Å². The maximum atomic E-state index is 12.8. The topological polar surface area (TPSA) is 140 Å². The van der Waals surface area contributed by atoms with Crippen molar-refractivity contribution in [2.24, 2.45) is 5.10 Å². The average molecular weight is 436 g/mol. The second-order valence-electron chi connectivity index (χ2n) is 5.89. The summed E-state index contributed by atoms with van der Waals surface area (Å²) in [6, 6.07) is 10.1. The molecule has 0 bridgehead atoms. The first kappa shape index (κ1) is 22.8. The van der Waals surface area contributed by atoms with Crippen LogP contribution < -0.4 is 14.9 Å². The van der Waals surface area contributed by atoms with Crippen LogP contribution in [-0.4, -0.2) is 57.6 Å². The third-order valence-electron chi connectivity index (χ3n) is 3.95. The van der Waals surface area contributed by atoms with E-state index in [0.29, 0.717) is 5.75 Å². The summed E-state index contributed by atoms with van der Waals surface area (Å²) in [5, 5.41) is 14.6. The molecular formula is C18H20N4O7S. The van der Waals surface area contributed by atoms with Gasteiger partial charge in [0.05, 0.1) is 37.5 Å². The van der Waals surface area contributed by atoms with Gasteiger partial charge in [0, 0.05) is 19.2 Å². The molecule has 0 fully saturated rings. The molecule has 0 aromatic heterocycles. The minimum atomic E-state index is -4.08. The second-order valence-corrected chi connectivity index (χ2v) is 7.90. The Morgan fingerprint density at radius 1 is 1.23 bits per heavy atom. The van der Waals surface area contributed by atoms with Crippen molar-refractivity contribution in [3.63, 3.8) is 0 Å². The first-order chi connectivity index (χ1) is 14.2. The number of carbonyl (C=O) groups excluding carboxylic acids is 1. The molecule has 0 spiro atoms. The van der Waals surface area contributed by atoms with Crippen molar-refractivity contribution >= 4 is 27.8 Å². The Hall–Kier alpha value is -3.51. The number of hydrazone groups is 1. The van der Waals surface area contributed by atoms with E-state index in [9.17, 15) is 23.3 Å².